The Morgan fingerprint density at radius 1 is 1.18 bits per heavy atom. The second kappa shape index (κ2) is 12.6. The average Bonchev–Trinajstić information content (AvgIpc) is 2.98. The fourth-order valence-electron chi connectivity index (χ4n) is 5.57. The first-order valence-corrected chi connectivity index (χ1v) is 14.6. The first-order chi connectivity index (χ1) is 21.2. The summed E-state index contributed by atoms with van der Waals surface area (Å²) in [4.78, 5) is 14.1. The van der Waals surface area contributed by atoms with Gasteiger partial charge in [-0.15, -0.1) is 0 Å². The summed E-state index contributed by atoms with van der Waals surface area (Å²) < 4.78 is 114. The number of nitrogens with zero attached hydrogens (tertiary/aromatic N) is 4. The van der Waals surface area contributed by atoms with Crippen LogP contribution < -0.4 is 25.8 Å². The molecule has 1 saturated heterocycles. The van der Waals surface area contributed by atoms with E-state index in [1.54, 1.807) is 6.92 Å². The van der Waals surface area contributed by atoms with Crippen molar-refractivity contribution in [2.75, 3.05) is 44.0 Å². The van der Waals surface area contributed by atoms with Crippen LogP contribution in [0.15, 0.2) is 6.07 Å². The average molecular weight is 646 g/mol. The number of nitrogens with one attached hydrogen (secondary N) is 2. The van der Waals surface area contributed by atoms with E-state index in [9.17, 15) is 26.3 Å². The minimum atomic E-state index is -5.10. The van der Waals surface area contributed by atoms with E-state index < -0.39 is 76.0 Å². The van der Waals surface area contributed by atoms with E-state index in [1.807, 2.05) is 6.92 Å². The molecule has 0 bridgehead atoms. The van der Waals surface area contributed by atoms with Gasteiger partial charge in [0.05, 0.1) is 23.9 Å². The molecule has 0 saturated carbocycles. The maximum atomic E-state index is 16.5. The number of halogens is 7. The first-order valence-electron chi connectivity index (χ1n) is 14.6. The summed E-state index contributed by atoms with van der Waals surface area (Å²) >= 11 is 0. The van der Waals surface area contributed by atoms with Crippen LogP contribution >= 0.6 is 0 Å². The van der Waals surface area contributed by atoms with Crippen molar-refractivity contribution in [2.45, 2.75) is 70.7 Å². The van der Waals surface area contributed by atoms with Crippen LogP contribution in [0.25, 0.3) is 22.2 Å². The molecule has 0 amide bonds. The molecule has 1 unspecified atom stereocenters. The lowest BCUT2D eigenvalue weighted by atomic mass is 9.96. The van der Waals surface area contributed by atoms with Crippen LogP contribution in [0, 0.1) is 18.6 Å². The highest BCUT2D eigenvalue weighted by molar-refractivity contribution is 5.96. The van der Waals surface area contributed by atoms with E-state index in [-0.39, 0.29) is 42.7 Å². The Hall–Kier alpha value is -3.66. The summed E-state index contributed by atoms with van der Waals surface area (Å²) in [6.45, 7) is 4.84. The molecule has 2 atom stereocenters. The first kappa shape index (κ1) is 32.7. The molecule has 1 fully saturated rings. The normalized spacial score (nSPS) is 21.1. The number of benzene rings is 1. The van der Waals surface area contributed by atoms with Gasteiger partial charge in [-0.3, -0.25) is 4.90 Å². The largest absolute Gasteiger partial charge is 0.474 e. The Bertz CT molecular complexity index is 1570. The highest BCUT2D eigenvalue weighted by Crippen LogP contribution is 2.45. The molecule has 2 aromatic heterocycles. The van der Waals surface area contributed by atoms with Gasteiger partial charge in [0.1, 0.15) is 35.0 Å². The maximum absolute atomic E-state index is 16.5. The number of anilines is 2. The molecule has 4 heterocycles. The minimum Gasteiger partial charge on any atom is -0.474 e. The fraction of sp³-hybridized carbons (Fsp3) is 0.552. The molecular weight excluding hydrogens is 611 g/mol. The zero-order valence-corrected chi connectivity index (χ0v) is 24.9. The summed E-state index contributed by atoms with van der Waals surface area (Å²) in [5.74, 6) is -5.73. The van der Waals surface area contributed by atoms with E-state index >= 15 is 4.39 Å². The van der Waals surface area contributed by atoms with Gasteiger partial charge < -0.3 is 25.8 Å². The summed E-state index contributed by atoms with van der Waals surface area (Å²) in [6, 6.07) is 0.226. The maximum Gasteiger partial charge on any atom is 0.417 e. The number of rotatable bonds is 5. The molecule has 2 aliphatic heterocycles. The topological polar surface area (TPSA) is 110 Å². The van der Waals surface area contributed by atoms with Crippen molar-refractivity contribution in [3.05, 3.63) is 28.8 Å². The van der Waals surface area contributed by atoms with E-state index in [1.165, 1.54) is 4.90 Å². The number of aromatic nitrogens is 3. The number of hydrogen-bond acceptors (Lipinski definition) is 9. The van der Waals surface area contributed by atoms with Crippen LogP contribution in [0.5, 0.6) is 11.9 Å². The third-order valence-electron chi connectivity index (χ3n) is 7.95. The molecule has 246 valence electrons. The number of piperidine rings is 1. The number of nitrogens with two attached hydrogens (primary N) is 1. The number of pyridine rings is 1. The molecular formula is C29H34F7N7O2. The van der Waals surface area contributed by atoms with Crippen LogP contribution in [0.4, 0.5) is 42.2 Å². The van der Waals surface area contributed by atoms with Crippen LogP contribution in [0.1, 0.15) is 50.7 Å². The second-order valence-electron chi connectivity index (χ2n) is 11.4. The lowest BCUT2D eigenvalue weighted by molar-refractivity contribution is -0.137. The third-order valence-corrected chi connectivity index (χ3v) is 7.95. The van der Waals surface area contributed by atoms with Gasteiger partial charge in [-0.25, -0.2) is 22.5 Å². The molecule has 16 heteroatoms. The van der Waals surface area contributed by atoms with Crippen molar-refractivity contribution < 1.29 is 40.2 Å². The van der Waals surface area contributed by atoms with Crippen molar-refractivity contribution >= 4 is 22.4 Å². The Kier molecular flexibility index (Phi) is 9.18. The van der Waals surface area contributed by atoms with Gasteiger partial charge >= 0.3 is 12.2 Å². The molecule has 45 heavy (non-hydrogen) atoms. The molecule has 1 aromatic carbocycles. The molecule has 0 radical (unpaired) electrons. The lowest BCUT2D eigenvalue weighted by Crippen LogP contribution is -2.44. The van der Waals surface area contributed by atoms with Crippen LogP contribution in [0.3, 0.4) is 0 Å². The number of alkyl halides is 5. The van der Waals surface area contributed by atoms with Gasteiger partial charge in [0.25, 0.3) is 5.92 Å². The van der Waals surface area contributed by atoms with Crippen LogP contribution in [0.2, 0.25) is 0 Å². The third kappa shape index (κ3) is 6.95. The molecule has 2 aliphatic rings. The monoisotopic (exact) mass is 645 g/mol. The summed E-state index contributed by atoms with van der Waals surface area (Å²) in [5.41, 5.74) is 0.655. The Balaban J connectivity index is 1.72. The molecule has 9 nitrogen and oxygen atoms in total. The van der Waals surface area contributed by atoms with Gasteiger partial charge in [0.15, 0.2) is 5.82 Å². The van der Waals surface area contributed by atoms with Crippen LogP contribution in [-0.2, 0) is 6.18 Å². The molecule has 4 N–H and O–H groups in total. The van der Waals surface area contributed by atoms with E-state index in [4.69, 9.17) is 15.2 Å². The van der Waals surface area contributed by atoms with Crippen molar-refractivity contribution in [1.82, 2.24) is 25.2 Å². The second-order valence-corrected chi connectivity index (χ2v) is 11.4. The van der Waals surface area contributed by atoms with Crippen LogP contribution in [-0.4, -0.2) is 70.8 Å². The van der Waals surface area contributed by atoms with Gasteiger partial charge in [-0.2, -0.15) is 23.1 Å². The van der Waals surface area contributed by atoms with Crippen molar-refractivity contribution in [2.24, 2.45) is 0 Å². The number of ether oxygens (including phenoxy) is 2. The van der Waals surface area contributed by atoms with Gasteiger partial charge in [0.2, 0.25) is 5.88 Å². The number of likely N-dealkylation sites (tertiary alicyclic amines) is 1. The van der Waals surface area contributed by atoms with Crippen molar-refractivity contribution in [3.63, 3.8) is 0 Å². The number of nitrogen functional groups attached to an aromatic ring is 1. The Labute approximate surface area is 254 Å². The summed E-state index contributed by atoms with van der Waals surface area (Å²) in [7, 11) is 0. The minimum absolute atomic E-state index is 0.0205. The lowest BCUT2D eigenvalue weighted by Gasteiger charge is -2.31. The highest BCUT2D eigenvalue weighted by Gasteiger charge is 2.39. The smallest absolute Gasteiger partial charge is 0.417 e. The van der Waals surface area contributed by atoms with E-state index in [2.05, 4.69) is 25.6 Å². The predicted octanol–water partition coefficient (Wildman–Crippen LogP) is 5.90. The highest BCUT2D eigenvalue weighted by atomic mass is 19.4. The SMILES string of the molecule is CCC1CNc2nc(OCN3CCCC(F)(F)C3)nc3c(F)c(-c4cc(N)c(F)c(C)c4C(F)(F)F)nc(c23)O[C@@H](C)CCN1. The summed E-state index contributed by atoms with van der Waals surface area (Å²) in [6.07, 6.45) is -4.47. The van der Waals surface area contributed by atoms with E-state index in [0.717, 1.165) is 6.92 Å². The molecule has 3 aromatic rings. The molecule has 0 aliphatic carbocycles. The summed E-state index contributed by atoms with van der Waals surface area (Å²) in [5, 5.41) is 6.43. The van der Waals surface area contributed by atoms with Crippen molar-refractivity contribution in [3.8, 4) is 23.1 Å². The fourth-order valence-corrected chi connectivity index (χ4v) is 5.57. The van der Waals surface area contributed by atoms with Gasteiger partial charge in [0, 0.05) is 31.1 Å². The number of hydrogen-bond donors (Lipinski definition) is 3. The zero-order valence-electron chi connectivity index (χ0n) is 24.9. The van der Waals surface area contributed by atoms with Gasteiger partial charge in [-0.1, -0.05) is 6.92 Å². The van der Waals surface area contributed by atoms with Crippen molar-refractivity contribution in [1.29, 1.82) is 0 Å². The zero-order chi connectivity index (χ0) is 32.7. The molecule has 5 rings (SSSR count). The van der Waals surface area contributed by atoms with Gasteiger partial charge in [-0.05, 0) is 51.3 Å². The Morgan fingerprint density at radius 2 is 1.93 bits per heavy atom. The standard InChI is InChI=1S/C29H34F7N7O2/c1-4-16-11-39-25-19-24(41-27(42-25)44-13-43-9-5-7-28(32,33)12-43)22(31)23(40-26(19)45-14(2)6-8-38-16)17-10-18(37)21(30)15(3)20(17)29(34,35)36/h10,14,16,38H,4-9,11-13,37H2,1-3H3,(H,39,41,42)/t14-,16?/m0/s1. The predicted molar refractivity (Wildman–Crippen MR) is 153 cm³/mol. The quantitative estimate of drug-likeness (QED) is 0.231. The van der Waals surface area contributed by atoms with E-state index in [0.29, 0.717) is 38.5 Å². The molecule has 0 spiro atoms. The Morgan fingerprint density at radius 3 is 2.62 bits per heavy atom.